The molecule has 0 spiro atoms. The molecule has 0 bridgehead atoms. The van der Waals surface area contributed by atoms with Gasteiger partial charge >= 0.3 is 5.69 Å². The van der Waals surface area contributed by atoms with Crippen molar-refractivity contribution in [2.24, 2.45) is 12.1 Å². The van der Waals surface area contributed by atoms with Gasteiger partial charge in [0.25, 0.3) is 5.56 Å². The number of aromatic amines is 1. The molecule has 2 N–H and O–H groups in total. The first kappa shape index (κ1) is 17.6. The number of aromatic nitrogens is 4. The molecule has 0 radical (unpaired) electrons. The molecule has 0 aliphatic carbocycles. The summed E-state index contributed by atoms with van der Waals surface area (Å²) in [6, 6.07) is 4.28. The standard InChI is InChI=1S/C16H14ClFN6O2/c1-3-7-24-12-13(23(2)16(26)21-14(12)25)20-15(24)22-19-8-9-10(17)5-4-6-11(9)18/h3-6,8H,1,7H2,2H3,(H,20,22)(H,21,25,26)/b19-8+. The Labute approximate surface area is 151 Å². The lowest BCUT2D eigenvalue weighted by Gasteiger charge is -2.05. The van der Waals surface area contributed by atoms with E-state index in [0.717, 1.165) is 0 Å². The fourth-order valence-electron chi connectivity index (χ4n) is 2.42. The van der Waals surface area contributed by atoms with Gasteiger partial charge in [0.05, 0.1) is 11.2 Å². The summed E-state index contributed by atoms with van der Waals surface area (Å²) >= 11 is 5.94. The summed E-state index contributed by atoms with van der Waals surface area (Å²) in [6.07, 6.45) is 2.77. The van der Waals surface area contributed by atoms with E-state index < -0.39 is 17.1 Å². The topological polar surface area (TPSA) is 97.1 Å². The van der Waals surface area contributed by atoms with Gasteiger partial charge in [-0.3, -0.25) is 18.9 Å². The number of aryl methyl sites for hydroxylation is 1. The Morgan fingerprint density at radius 2 is 2.23 bits per heavy atom. The van der Waals surface area contributed by atoms with E-state index in [2.05, 4.69) is 27.1 Å². The van der Waals surface area contributed by atoms with Gasteiger partial charge in [-0.05, 0) is 12.1 Å². The minimum absolute atomic E-state index is 0.110. The number of anilines is 1. The highest BCUT2D eigenvalue weighted by molar-refractivity contribution is 6.33. The predicted octanol–water partition coefficient (Wildman–Crippen LogP) is 1.85. The van der Waals surface area contributed by atoms with Crippen molar-refractivity contribution in [1.82, 2.24) is 19.1 Å². The number of nitrogens with one attached hydrogen (secondary N) is 2. The molecule has 2 heterocycles. The molecule has 1 aromatic carbocycles. The minimum Gasteiger partial charge on any atom is -0.299 e. The molecule has 0 unspecified atom stereocenters. The van der Waals surface area contributed by atoms with E-state index in [9.17, 15) is 14.0 Å². The van der Waals surface area contributed by atoms with Crippen LogP contribution >= 0.6 is 11.6 Å². The molecule has 3 rings (SSSR count). The highest BCUT2D eigenvalue weighted by Crippen LogP contribution is 2.18. The summed E-state index contributed by atoms with van der Waals surface area (Å²) in [4.78, 5) is 30.3. The van der Waals surface area contributed by atoms with Gasteiger partial charge in [0.15, 0.2) is 11.2 Å². The Kier molecular flexibility index (Phi) is 4.72. The molecule has 0 fully saturated rings. The summed E-state index contributed by atoms with van der Waals surface area (Å²) in [5.74, 6) is -0.336. The van der Waals surface area contributed by atoms with Crippen LogP contribution in [-0.2, 0) is 13.6 Å². The van der Waals surface area contributed by atoms with Crippen LogP contribution in [0.5, 0.6) is 0 Å². The van der Waals surface area contributed by atoms with Crippen molar-refractivity contribution in [2.45, 2.75) is 6.54 Å². The van der Waals surface area contributed by atoms with Crippen LogP contribution in [0.2, 0.25) is 5.02 Å². The van der Waals surface area contributed by atoms with Crippen LogP contribution in [0.1, 0.15) is 5.56 Å². The van der Waals surface area contributed by atoms with Crippen molar-refractivity contribution >= 4 is 34.9 Å². The number of nitrogens with zero attached hydrogens (tertiary/aromatic N) is 4. The van der Waals surface area contributed by atoms with E-state index in [1.807, 2.05) is 0 Å². The maximum atomic E-state index is 13.8. The van der Waals surface area contributed by atoms with Gasteiger partial charge in [-0.15, -0.1) is 6.58 Å². The number of hydrogen-bond acceptors (Lipinski definition) is 5. The monoisotopic (exact) mass is 376 g/mol. The molecule has 10 heteroatoms. The molecule has 0 aliphatic heterocycles. The molecule has 2 aromatic heterocycles. The molecule has 0 saturated carbocycles. The van der Waals surface area contributed by atoms with Gasteiger partial charge in [0.2, 0.25) is 5.95 Å². The van der Waals surface area contributed by atoms with E-state index in [0.29, 0.717) is 0 Å². The molecule has 0 saturated heterocycles. The second-order valence-corrected chi connectivity index (χ2v) is 5.74. The number of hydrazone groups is 1. The van der Waals surface area contributed by atoms with E-state index in [1.165, 1.54) is 40.6 Å². The number of imidazole rings is 1. The summed E-state index contributed by atoms with van der Waals surface area (Å²) in [5.41, 5.74) is 1.96. The van der Waals surface area contributed by atoms with Gasteiger partial charge in [-0.2, -0.15) is 10.1 Å². The van der Waals surface area contributed by atoms with Crippen molar-refractivity contribution in [1.29, 1.82) is 0 Å². The van der Waals surface area contributed by atoms with Crippen molar-refractivity contribution < 1.29 is 4.39 Å². The van der Waals surface area contributed by atoms with Gasteiger partial charge in [0, 0.05) is 19.2 Å². The minimum atomic E-state index is -0.584. The molecule has 3 aromatic rings. The summed E-state index contributed by atoms with van der Waals surface area (Å²) in [7, 11) is 1.48. The quantitative estimate of drug-likeness (QED) is 0.403. The zero-order valence-electron chi connectivity index (χ0n) is 13.7. The van der Waals surface area contributed by atoms with Crippen LogP contribution in [0.3, 0.4) is 0 Å². The zero-order valence-corrected chi connectivity index (χ0v) is 14.4. The van der Waals surface area contributed by atoms with Crippen molar-refractivity contribution in [3.05, 3.63) is 68.1 Å². The Morgan fingerprint density at radius 3 is 2.92 bits per heavy atom. The smallest absolute Gasteiger partial charge is 0.299 e. The molecule has 8 nitrogen and oxygen atoms in total. The fraction of sp³-hybridized carbons (Fsp3) is 0.125. The van der Waals surface area contributed by atoms with Crippen LogP contribution in [0, 0.1) is 5.82 Å². The lowest BCUT2D eigenvalue weighted by molar-refractivity contribution is 0.626. The Morgan fingerprint density at radius 1 is 1.46 bits per heavy atom. The van der Waals surface area contributed by atoms with E-state index in [4.69, 9.17) is 11.6 Å². The Hall–Kier alpha value is -3.20. The van der Waals surface area contributed by atoms with Gasteiger partial charge in [0.1, 0.15) is 5.82 Å². The Bertz CT molecular complexity index is 1120. The number of rotatable bonds is 5. The lowest BCUT2D eigenvalue weighted by atomic mass is 10.2. The largest absolute Gasteiger partial charge is 0.329 e. The van der Waals surface area contributed by atoms with Crippen LogP contribution in [0.15, 0.2) is 45.5 Å². The molecular formula is C16H14ClFN6O2. The first-order valence-corrected chi connectivity index (χ1v) is 7.85. The summed E-state index contributed by atoms with van der Waals surface area (Å²) in [6.45, 7) is 3.89. The first-order valence-electron chi connectivity index (χ1n) is 7.47. The molecular weight excluding hydrogens is 363 g/mol. The SMILES string of the molecule is C=CCn1c(N/N=C/c2c(F)cccc2Cl)nc2c1c(=O)[nH]c(=O)n2C. The number of benzene rings is 1. The number of hydrogen-bond donors (Lipinski definition) is 2. The highest BCUT2D eigenvalue weighted by Gasteiger charge is 2.16. The molecule has 0 aliphatic rings. The third-order valence-corrected chi connectivity index (χ3v) is 4.01. The van der Waals surface area contributed by atoms with Crippen LogP contribution in [0.25, 0.3) is 11.2 Å². The Balaban J connectivity index is 2.06. The average Bonchev–Trinajstić information content (AvgIpc) is 2.95. The first-order chi connectivity index (χ1) is 12.4. The summed E-state index contributed by atoms with van der Waals surface area (Å²) < 4.78 is 16.5. The second-order valence-electron chi connectivity index (χ2n) is 5.33. The number of allylic oxidation sites excluding steroid dienone is 1. The normalized spacial score (nSPS) is 11.3. The van der Waals surface area contributed by atoms with E-state index >= 15 is 0 Å². The fourth-order valence-corrected chi connectivity index (χ4v) is 2.63. The van der Waals surface area contributed by atoms with Gasteiger partial charge in [-0.25, -0.2) is 14.6 Å². The van der Waals surface area contributed by atoms with Crippen molar-refractivity contribution in [3.8, 4) is 0 Å². The molecule has 0 atom stereocenters. The zero-order chi connectivity index (χ0) is 18.8. The maximum absolute atomic E-state index is 13.8. The van der Waals surface area contributed by atoms with Gasteiger partial charge in [-0.1, -0.05) is 23.7 Å². The van der Waals surface area contributed by atoms with Crippen LogP contribution < -0.4 is 16.7 Å². The molecule has 134 valence electrons. The maximum Gasteiger partial charge on any atom is 0.329 e. The van der Waals surface area contributed by atoms with Crippen molar-refractivity contribution in [2.75, 3.05) is 5.43 Å². The van der Waals surface area contributed by atoms with Crippen LogP contribution in [0.4, 0.5) is 10.3 Å². The van der Waals surface area contributed by atoms with Crippen molar-refractivity contribution in [3.63, 3.8) is 0 Å². The third kappa shape index (κ3) is 3.04. The average molecular weight is 377 g/mol. The van der Waals surface area contributed by atoms with Gasteiger partial charge < -0.3 is 0 Å². The number of H-pyrrole nitrogens is 1. The summed E-state index contributed by atoms with van der Waals surface area (Å²) in [5, 5.41) is 4.14. The molecule has 26 heavy (non-hydrogen) atoms. The number of halogens is 2. The third-order valence-electron chi connectivity index (χ3n) is 3.68. The number of fused-ring (bicyclic) bond motifs is 1. The highest BCUT2D eigenvalue weighted by atomic mass is 35.5. The lowest BCUT2D eigenvalue weighted by Crippen LogP contribution is -2.29. The molecule has 0 amide bonds. The second kappa shape index (κ2) is 6.96. The van der Waals surface area contributed by atoms with E-state index in [1.54, 1.807) is 6.08 Å². The van der Waals surface area contributed by atoms with E-state index in [-0.39, 0.29) is 34.2 Å². The van der Waals surface area contributed by atoms with Crippen LogP contribution in [-0.4, -0.2) is 25.3 Å². The predicted molar refractivity (Wildman–Crippen MR) is 98.4 cm³/mol.